The lowest BCUT2D eigenvalue weighted by Gasteiger charge is -2.08. The summed E-state index contributed by atoms with van der Waals surface area (Å²) in [4.78, 5) is 23.5. The van der Waals surface area contributed by atoms with Crippen molar-refractivity contribution in [1.29, 1.82) is 0 Å². The fourth-order valence-electron chi connectivity index (χ4n) is 2.23. The summed E-state index contributed by atoms with van der Waals surface area (Å²) in [5.74, 6) is 0.0778. The number of ether oxygens (including phenoxy) is 2. The highest BCUT2D eigenvalue weighted by atomic mass is 16.5. The molecular weight excluding hydrogens is 330 g/mol. The number of methoxy groups -OCH3 is 1. The molecule has 0 bridgehead atoms. The number of carbonyl (C=O) groups is 2. The molecule has 0 heterocycles. The van der Waals surface area contributed by atoms with Crippen LogP contribution in [0.4, 0.5) is 5.69 Å². The highest BCUT2D eigenvalue weighted by Gasteiger charge is 2.05. The third-order valence-electron chi connectivity index (χ3n) is 3.66. The molecule has 2 aromatic carbocycles. The number of esters is 1. The van der Waals surface area contributed by atoms with Crippen LogP contribution in [0.1, 0.15) is 35.7 Å². The maximum absolute atomic E-state index is 12.1. The Kier molecular flexibility index (Phi) is 7.43. The molecule has 0 fully saturated rings. The first kappa shape index (κ1) is 19.2. The second-order valence-corrected chi connectivity index (χ2v) is 5.63. The Hall–Kier alpha value is -3.08. The average Bonchev–Trinajstić information content (AvgIpc) is 2.67. The zero-order valence-electron chi connectivity index (χ0n) is 15.0. The fraction of sp³-hybridized carbons (Fsp3) is 0.238. The molecule has 136 valence electrons. The van der Waals surface area contributed by atoms with Crippen molar-refractivity contribution in [2.24, 2.45) is 0 Å². The normalized spacial score (nSPS) is 10.5. The molecule has 1 amide bonds. The van der Waals surface area contributed by atoms with E-state index in [0.29, 0.717) is 17.9 Å². The van der Waals surface area contributed by atoms with Crippen LogP contribution in [0.25, 0.3) is 6.08 Å². The molecule has 5 nitrogen and oxygen atoms in total. The minimum Gasteiger partial charge on any atom is -0.493 e. The van der Waals surface area contributed by atoms with Crippen LogP contribution < -0.4 is 10.1 Å². The lowest BCUT2D eigenvalue weighted by molar-refractivity contribution is -0.111. The Morgan fingerprint density at radius 3 is 2.50 bits per heavy atom. The molecule has 0 aromatic heterocycles. The Bertz CT molecular complexity index is 766. The van der Waals surface area contributed by atoms with Gasteiger partial charge >= 0.3 is 5.97 Å². The van der Waals surface area contributed by atoms with E-state index in [4.69, 9.17) is 4.74 Å². The fourth-order valence-corrected chi connectivity index (χ4v) is 2.23. The first-order chi connectivity index (χ1) is 12.6. The van der Waals surface area contributed by atoms with Gasteiger partial charge in [-0.1, -0.05) is 31.5 Å². The molecular formula is C21H23NO4. The number of benzene rings is 2. The Balaban J connectivity index is 1.98. The van der Waals surface area contributed by atoms with Crippen molar-refractivity contribution >= 4 is 23.6 Å². The lowest BCUT2D eigenvalue weighted by atomic mass is 10.2. The summed E-state index contributed by atoms with van der Waals surface area (Å²) < 4.78 is 10.4. The Morgan fingerprint density at radius 1 is 1.08 bits per heavy atom. The molecule has 2 rings (SSSR count). The van der Waals surface area contributed by atoms with Gasteiger partial charge in [0.25, 0.3) is 0 Å². The minimum absolute atomic E-state index is 0.265. The summed E-state index contributed by atoms with van der Waals surface area (Å²) in [6.45, 7) is 2.76. The van der Waals surface area contributed by atoms with Gasteiger partial charge in [0.1, 0.15) is 5.75 Å². The molecule has 0 atom stereocenters. The van der Waals surface area contributed by atoms with Crippen LogP contribution in [-0.2, 0) is 9.53 Å². The van der Waals surface area contributed by atoms with Gasteiger partial charge in [0, 0.05) is 17.3 Å². The van der Waals surface area contributed by atoms with Crippen LogP contribution in [0, 0.1) is 0 Å². The van der Waals surface area contributed by atoms with E-state index in [0.717, 1.165) is 24.2 Å². The second-order valence-electron chi connectivity index (χ2n) is 5.63. The van der Waals surface area contributed by atoms with Gasteiger partial charge in [0.15, 0.2) is 0 Å². The molecule has 0 aliphatic carbocycles. The molecule has 0 aliphatic heterocycles. The predicted octanol–water partition coefficient (Wildman–Crippen LogP) is 4.30. The highest BCUT2D eigenvalue weighted by Crippen LogP contribution is 2.20. The summed E-state index contributed by atoms with van der Waals surface area (Å²) in [5.41, 5.74) is 1.87. The van der Waals surface area contributed by atoms with Crippen molar-refractivity contribution < 1.29 is 19.1 Å². The maximum Gasteiger partial charge on any atom is 0.337 e. The van der Waals surface area contributed by atoms with Crippen LogP contribution in [0.2, 0.25) is 0 Å². The summed E-state index contributed by atoms with van der Waals surface area (Å²) in [7, 11) is 1.33. The van der Waals surface area contributed by atoms with Crippen LogP contribution in [-0.4, -0.2) is 25.6 Å². The van der Waals surface area contributed by atoms with Crippen LogP contribution in [0.5, 0.6) is 5.75 Å². The van der Waals surface area contributed by atoms with Gasteiger partial charge in [0.05, 0.1) is 19.3 Å². The van der Waals surface area contributed by atoms with Crippen molar-refractivity contribution in [2.45, 2.75) is 19.8 Å². The number of carbonyl (C=O) groups excluding carboxylic acids is 2. The van der Waals surface area contributed by atoms with Crippen LogP contribution >= 0.6 is 0 Å². The van der Waals surface area contributed by atoms with E-state index in [2.05, 4.69) is 17.0 Å². The van der Waals surface area contributed by atoms with Crippen molar-refractivity contribution in [3.05, 3.63) is 65.7 Å². The summed E-state index contributed by atoms with van der Waals surface area (Å²) in [5, 5.41) is 2.75. The average molecular weight is 353 g/mol. The molecule has 0 aliphatic rings. The van der Waals surface area contributed by atoms with E-state index >= 15 is 0 Å². The van der Waals surface area contributed by atoms with Gasteiger partial charge in [-0.05, 0) is 42.8 Å². The van der Waals surface area contributed by atoms with E-state index in [1.54, 1.807) is 30.3 Å². The molecule has 26 heavy (non-hydrogen) atoms. The maximum atomic E-state index is 12.1. The van der Waals surface area contributed by atoms with Crippen molar-refractivity contribution in [3.63, 3.8) is 0 Å². The number of hydrogen-bond acceptors (Lipinski definition) is 4. The largest absolute Gasteiger partial charge is 0.493 e. The number of para-hydroxylation sites is 1. The van der Waals surface area contributed by atoms with E-state index in [1.807, 2.05) is 24.3 Å². The number of hydrogen-bond donors (Lipinski definition) is 1. The summed E-state index contributed by atoms with van der Waals surface area (Å²) in [6, 6.07) is 14.1. The molecule has 0 saturated heterocycles. The molecule has 5 heteroatoms. The highest BCUT2D eigenvalue weighted by molar-refractivity contribution is 6.02. The smallest absolute Gasteiger partial charge is 0.337 e. The van der Waals surface area contributed by atoms with E-state index in [1.165, 1.54) is 13.2 Å². The predicted molar refractivity (Wildman–Crippen MR) is 102 cm³/mol. The standard InChI is InChI=1S/C21H23NO4/c1-3-4-15-26-19-8-6-5-7-16(19)11-14-20(23)22-18-12-9-17(10-13-18)21(24)25-2/h5-14H,3-4,15H2,1-2H3,(H,22,23). The number of rotatable bonds is 8. The van der Waals surface area contributed by atoms with Crippen molar-refractivity contribution in [3.8, 4) is 5.75 Å². The van der Waals surface area contributed by atoms with Crippen molar-refractivity contribution in [1.82, 2.24) is 0 Å². The third kappa shape index (κ3) is 5.77. The number of nitrogens with one attached hydrogen (secondary N) is 1. The van der Waals surface area contributed by atoms with Gasteiger partial charge in [0.2, 0.25) is 5.91 Å². The van der Waals surface area contributed by atoms with Gasteiger partial charge < -0.3 is 14.8 Å². The van der Waals surface area contributed by atoms with Gasteiger partial charge in [-0.25, -0.2) is 4.79 Å². The minimum atomic E-state index is -0.414. The summed E-state index contributed by atoms with van der Waals surface area (Å²) in [6.07, 6.45) is 5.23. The number of amides is 1. The van der Waals surface area contributed by atoms with Gasteiger partial charge in [-0.3, -0.25) is 4.79 Å². The zero-order valence-corrected chi connectivity index (χ0v) is 15.0. The molecule has 0 saturated carbocycles. The van der Waals surface area contributed by atoms with Gasteiger partial charge in [-0.2, -0.15) is 0 Å². The quantitative estimate of drug-likeness (QED) is 0.436. The first-order valence-corrected chi connectivity index (χ1v) is 8.53. The zero-order chi connectivity index (χ0) is 18.8. The monoisotopic (exact) mass is 353 g/mol. The molecule has 0 unspecified atom stereocenters. The van der Waals surface area contributed by atoms with Crippen LogP contribution in [0.15, 0.2) is 54.6 Å². The number of unbranched alkanes of at least 4 members (excludes halogenated alkanes) is 1. The van der Waals surface area contributed by atoms with Crippen molar-refractivity contribution in [2.75, 3.05) is 19.0 Å². The van der Waals surface area contributed by atoms with Gasteiger partial charge in [-0.15, -0.1) is 0 Å². The Morgan fingerprint density at radius 2 is 1.81 bits per heavy atom. The lowest BCUT2D eigenvalue weighted by Crippen LogP contribution is -2.08. The first-order valence-electron chi connectivity index (χ1n) is 8.53. The molecule has 1 N–H and O–H groups in total. The van der Waals surface area contributed by atoms with E-state index < -0.39 is 5.97 Å². The third-order valence-corrected chi connectivity index (χ3v) is 3.66. The van der Waals surface area contributed by atoms with E-state index in [9.17, 15) is 9.59 Å². The SMILES string of the molecule is CCCCOc1ccccc1C=CC(=O)Nc1ccc(C(=O)OC)cc1. The molecule has 0 radical (unpaired) electrons. The topological polar surface area (TPSA) is 64.6 Å². The molecule has 0 spiro atoms. The Labute approximate surface area is 153 Å². The number of anilines is 1. The van der Waals surface area contributed by atoms with Crippen LogP contribution in [0.3, 0.4) is 0 Å². The second kappa shape index (κ2) is 10.0. The molecule has 2 aromatic rings. The van der Waals surface area contributed by atoms with E-state index in [-0.39, 0.29) is 5.91 Å². The summed E-state index contributed by atoms with van der Waals surface area (Å²) >= 11 is 0.